The van der Waals surface area contributed by atoms with Gasteiger partial charge in [-0.2, -0.15) is 0 Å². The summed E-state index contributed by atoms with van der Waals surface area (Å²) in [6, 6.07) is 27.0. The van der Waals surface area contributed by atoms with Gasteiger partial charge in [-0.25, -0.2) is 4.68 Å². The van der Waals surface area contributed by atoms with E-state index in [1.165, 1.54) is 11.8 Å². The molecule has 7 nitrogen and oxygen atoms in total. The number of hydrogen-bond acceptors (Lipinski definition) is 6. The predicted octanol–water partition coefficient (Wildman–Crippen LogP) is 4.74. The van der Waals surface area contributed by atoms with E-state index in [-0.39, 0.29) is 11.9 Å². The number of amides is 1. The van der Waals surface area contributed by atoms with E-state index in [0.717, 1.165) is 16.9 Å². The van der Waals surface area contributed by atoms with Crippen LogP contribution in [0.15, 0.2) is 90.1 Å². The number of thioether (sulfide) groups is 1. The van der Waals surface area contributed by atoms with E-state index in [1.807, 2.05) is 96.5 Å². The van der Waals surface area contributed by atoms with Gasteiger partial charge in [-0.1, -0.05) is 72.4 Å². The third-order valence-electron chi connectivity index (χ3n) is 5.32. The first-order valence-corrected chi connectivity index (χ1v) is 11.6. The lowest BCUT2D eigenvalue weighted by Crippen LogP contribution is -2.41. The van der Waals surface area contributed by atoms with Gasteiger partial charge in [0, 0.05) is 11.3 Å². The van der Waals surface area contributed by atoms with E-state index >= 15 is 0 Å². The highest BCUT2D eigenvalue weighted by Crippen LogP contribution is 2.39. The van der Waals surface area contributed by atoms with Crippen LogP contribution in [0.25, 0.3) is 11.4 Å². The normalized spacial score (nSPS) is 17.0. The summed E-state index contributed by atoms with van der Waals surface area (Å²) in [5.41, 5.74) is 6.17. The second kappa shape index (κ2) is 9.38. The minimum atomic E-state index is -0.445. The van der Waals surface area contributed by atoms with Crippen molar-refractivity contribution < 1.29 is 9.53 Å². The van der Waals surface area contributed by atoms with Crippen molar-refractivity contribution in [2.75, 3.05) is 17.3 Å². The number of nitrogens with one attached hydrogen (secondary N) is 2. The number of benzene rings is 3. The molecule has 0 spiro atoms. The first kappa shape index (κ1) is 21.1. The fourth-order valence-electron chi connectivity index (χ4n) is 3.75. The number of fused-ring (bicyclic) bond motifs is 1. The number of carbonyl (C=O) groups excluding carboxylic acids is 1. The molecule has 1 aromatic heterocycles. The molecule has 0 saturated heterocycles. The zero-order chi connectivity index (χ0) is 22.6. The monoisotopic (exact) mass is 457 g/mol. The minimum Gasteiger partial charge on any atom is -0.494 e. The third kappa shape index (κ3) is 4.42. The van der Waals surface area contributed by atoms with E-state index in [9.17, 15) is 4.79 Å². The SMILES string of the molecule is CCOc1ccc(NC(=O)[C@H]2Sc3nnc(-c4ccccc4)n3N[C@@H]2c2ccccc2)cc1. The summed E-state index contributed by atoms with van der Waals surface area (Å²) in [6.07, 6.45) is 0. The van der Waals surface area contributed by atoms with Crippen molar-refractivity contribution >= 4 is 23.4 Å². The smallest absolute Gasteiger partial charge is 0.240 e. The van der Waals surface area contributed by atoms with E-state index < -0.39 is 5.25 Å². The molecule has 0 radical (unpaired) electrons. The van der Waals surface area contributed by atoms with Crippen molar-refractivity contribution in [2.45, 2.75) is 23.4 Å². The molecule has 3 aromatic carbocycles. The summed E-state index contributed by atoms with van der Waals surface area (Å²) in [5, 5.41) is 12.0. The van der Waals surface area contributed by atoms with Crippen molar-refractivity contribution in [2.24, 2.45) is 0 Å². The Kier molecular flexibility index (Phi) is 5.99. The third-order valence-corrected chi connectivity index (χ3v) is 6.53. The molecule has 0 saturated carbocycles. The molecule has 0 bridgehead atoms. The highest BCUT2D eigenvalue weighted by Gasteiger charge is 2.38. The van der Waals surface area contributed by atoms with Gasteiger partial charge in [0.15, 0.2) is 5.82 Å². The van der Waals surface area contributed by atoms with Gasteiger partial charge in [-0.05, 0) is 36.8 Å². The molecular formula is C25H23N5O2S. The van der Waals surface area contributed by atoms with Crippen LogP contribution in [0.4, 0.5) is 5.69 Å². The molecule has 33 heavy (non-hydrogen) atoms. The van der Waals surface area contributed by atoms with Crippen LogP contribution in [0.3, 0.4) is 0 Å². The Morgan fingerprint density at radius 2 is 1.70 bits per heavy atom. The Morgan fingerprint density at radius 3 is 2.39 bits per heavy atom. The number of aromatic nitrogens is 3. The molecule has 2 N–H and O–H groups in total. The Bertz CT molecular complexity index is 1230. The Labute approximate surface area is 196 Å². The zero-order valence-corrected chi connectivity index (χ0v) is 18.8. The maximum absolute atomic E-state index is 13.4. The molecule has 1 aliphatic rings. The molecule has 166 valence electrons. The van der Waals surface area contributed by atoms with E-state index in [1.54, 1.807) is 0 Å². The van der Waals surface area contributed by atoms with Gasteiger partial charge < -0.3 is 15.5 Å². The van der Waals surface area contributed by atoms with Gasteiger partial charge >= 0.3 is 0 Å². The maximum atomic E-state index is 13.4. The predicted molar refractivity (Wildman–Crippen MR) is 130 cm³/mol. The molecule has 0 unspecified atom stereocenters. The summed E-state index contributed by atoms with van der Waals surface area (Å²) >= 11 is 1.40. The van der Waals surface area contributed by atoms with Gasteiger partial charge in [-0.15, -0.1) is 10.2 Å². The Balaban J connectivity index is 1.45. The van der Waals surface area contributed by atoms with Crippen LogP contribution in [0, 0.1) is 0 Å². The highest BCUT2D eigenvalue weighted by atomic mass is 32.2. The van der Waals surface area contributed by atoms with Crippen LogP contribution in [0.1, 0.15) is 18.5 Å². The first-order valence-electron chi connectivity index (χ1n) is 10.8. The maximum Gasteiger partial charge on any atom is 0.240 e. The molecule has 0 aliphatic carbocycles. The quantitative estimate of drug-likeness (QED) is 0.435. The number of hydrogen-bond donors (Lipinski definition) is 2. The van der Waals surface area contributed by atoms with Crippen LogP contribution in [-0.4, -0.2) is 32.6 Å². The molecule has 5 rings (SSSR count). The molecule has 8 heteroatoms. The fraction of sp³-hybridized carbons (Fsp3) is 0.160. The summed E-state index contributed by atoms with van der Waals surface area (Å²) in [7, 11) is 0. The topological polar surface area (TPSA) is 81.1 Å². The largest absolute Gasteiger partial charge is 0.494 e. The average molecular weight is 458 g/mol. The number of ether oxygens (including phenoxy) is 1. The van der Waals surface area contributed by atoms with Crippen molar-refractivity contribution in [1.82, 2.24) is 14.9 Å². The second-order valence-corrected chi connectivity index (χ2v) is 8.62. The Hall–Kier alpha value is -3.78. The summed E-state index contributed by atoms with van der Waals surface area (Å²) < 4.78 is 7.36. The first-order chi connectivity index (χ1) is 16.2. The summed E-state index contributed by atoms with van der Waals surface area (Å²) in [6.45, 7) is 2.54. The second-order valence-electron chi connectivity index (χ2n) is 7.51. The van der Waals surface area contributed by atoms with Gasteiger partial charge in [0.1, 0.15) is 11.0 Å². The van der Waals surface area contributed by atoms with Crippen LogP contribution in [0.2, 0.25) is 0 Å². The van der Waals surface area contributed by atoms with Crippen LogP contribution >= 0.6 is 11.8 Å². The molecule has 0 fully saturated rings. The van der Waals surface area contributed by atoms with Gasteiger partial charge in [0.2, 0.25) is 11.1 Å². The summed E-state index contributed by atoms with van der Waals surface area (Å²) in [5.74, 6) is 1.37. The summed E-state index contributed by atoms with van der Waals surface area (Å²) in [4.78, 5) is 13.4. The lowest BCUT2D eigenvalue weighted by atomic mass is 10.0. The van der Waals surface area contributed by atoms with Gasteiger partial charge in [0.25, 0.3) is 0 Å². The number of anilines is 1. The van der Waals surface area contributed by atoms with Crippen LogP contribution in [0.5, 0.6) is 5.75 Å². The fourth-order valence-corrected chi connectivity index (χ4v) is 4.83. The lowest BCUT2D eigenvalue weighted by molar-refractivity contribution is -0.116. The van der Waals surface area contributed by atoms with Crippen molar-refractivity contribution in [3.63, 3.8) is 0 Å². The molecular weight excluding hydrogens is 434 g/mol. The molecule has 1 aliphatic heterocycles. The van der Waals surface area contributed by atoms with Crippen molar-refractivity contribution in [3.8, 4) is 17.1 Å². The highest BCUT2D eigenvalue weighted by molar-refractivity contribution is 8.00. The minimum absolute atomic E-state index is 0.110. The van der Waals surface area contributed by atoms with Gasteiger partial charge in [-0.3, -0.25) is 4.79 Å². The lowest BCUT2D eigenvalue weighted by Gasteiger charge is -2.33. The standard InChI is InChI=1S/C25H23N5O2S/c1-2-32-20-15-13-19(14-16-20)26-24(31)22-21(17-9-5-3-6-10-17)29-30-23(27-28-25(30)33-22)18-11-7-4-8-12-18/h3-16,21-22,29H,2H2,1H3,(H,26,31)/t21-,22+/m1/s1. The molecule has 1 amide bonds. The van der Waals surface area contributed by atoms with E-state index in [2.05, 4.69) is 20.9 Å². The van der Waals surface area contributed by atoms with E-state index in [4.69, 9.17) is 4.74 Å². The van der Waals surface area contributed by atoms with Crippen molar-refractivity contribution in [1.29, 1.82) is 0 Å². The number of carbonyl (C=O) groups is 1. The van der Waals surface area contributed by atoms with E-state index in [0.29, 0.717) is 23.3 Å². The van der Waals surface area contributed by atoms with Crippen LogP contribution < -0.4 is 15.5 Å². The molecule has 4 aromatic rings. The Morgan fingerprint density at radius 1 is 1.00 bits per heavy atom. The molecule has 2 heterocycles. The number of nitrogens with zero attached hydrogens (tertiary/aromatic N) is 3. The number of rotatable bonds is 6. The van der Waals surface area contributed by atoms with Crippen LogP contribution in [-0.2, 0) is 4.79 Å². The van der Waals surface area contributed by atoms with Gasteiger partial charge in [0.05, 0.1) is 12.6 Å². The average Bonchev–Trinajstić information content (AvgIpc) is 3.29. The van der Waals surface area contributed by atoms with Crippen molar-refractivity contribution in [3.05, 3.63) is 90.5 Å². The molecule has 2 atom stereocenters. The zero-order valence-electron chi connectivity index (χ0n) is 18.0.